The molecule has 0 aromatic heterocycles. The molecule has 4 rings (SSSR count). The molecule has 168 valence electrons. The van der Waals surface area contributed by atoms with E-state index < -0.39 is 35.4 Å². The van der Waals surface area contributed by atoms with Crippen molar-refractivity contribution in [1.82, 2.24) is 5.32 Å². The van der Waals surface area contributed by atoms with Crippen molar-refractivity contribution in [2.75, 3.05) is 11.5 Å². The minimum Gasteiger partial charge on any atom is -0.494 e. The molecule has 8 heteroatoms. The van der Waals surface area contributed by atoms with Gasteiger partial charge in [0.1, 0.15) is 5.75 Å². The Morgan fingerprint density at radius 1 is 0.939 bits per heavy atom. The van der Waals surface area contributed by atoms with E-state index in [-0.39, 0.29) is 16.7 Å². The fourth-order valence-corrected chi connectivity index (χ4v) is 3.62. The first kappa shape index (κ1) is 22.1. The van der Waals surface area contributed by atoms with Crippen LogP contribution in [0, 0.1) is 11.6 Å². The molecule has 1 aliphatic heterocycles. The summed E-state index contributed by atoms with van der Waals surface area (Å²) in [5.74, 6) is -2.91. The lowest BCUT2D eigenvalue weighted by Crippen LogP contribution is -2.29. The molecule has 33 heavy (non-hydrogen) atoms. The topological polar surface area (TPSA) is 75.7 Å². The van der Waals surface area contributed by atoms with E-state index in [1.54, 1.807) is 31.2 Å². The number of fused-ring (bicyclic) bond motifs is 1. The number of anilines is 1. The van der Waals surface area contributed by atoms with Crippen LogP contribution in [0.5, 0.6) is 5.75 Å². The predicted molar refractivity (Wildman–Crippen MR) is 117 cm³/mol. The van der Waals surface area contributed by atoms with Crippen LogP contribution in [-0.2, 0) is 0 Å². The van der Waals surface area contributed by atoms with Crippen molar-refractivity contribution in [1.29, 1.82) is 0 Å². The van der Waals surface area contributed by atoms with E-state index in [9.17, 15) is 23.2 Å². The lowest BCUT2D eigenvalue weighted by molar-refractivity contribution is 0.0921. The van der Waals surface area contributed by atoms with E-state index >= 15 is 0 Å². The molecule has 0 spiro atoms. The van der Waals surface area contributed by atoms with Gasteiger partial charge in [-0.3, -0.25) is 14.4 Å². The van der Waals surface area contributed by atoms with Crippen molar-refractivity contribution >= 4 is 23.4 Å². The fourth-order valence-electron chi connectivity index (χ4n) is 3.62. The lowest BCUT2D eigenvalue weighted by atomic mass is 10.0. The summed E-state index contributed by atoms with van der Waals surface area (Å²) in [5, 5.41) is 2.69. The first-order valence-electron chi connectivity index (χ1n) is 10.3. The number of halogens is 2. The number of rotatable bonds is 6. The van der Waals surface area contributed by atoms with E-state index in [0.717, 1.165) is 17.0 Å². The monoisotopic (exact) mass is 450 g/mol. The second-order valence-corrected chi connectivity index (χ2v) is 7.50. The zero-order valence-corrected chi connectivity index (χ0v) is 17.9. The van der Waals surface area contributed by atoms with Gasteiger partial charge in [-0.2, -0.15) is 0 Å². The Morgan fingerprint density at radius 3 is 2.30 bits per heavy atom. The normalized spacial score (nSPS) is 13.6. The highest BCUT2D eigenvalue weighted by molar-refractivity contribution is 6.34. The van der Waals surface area contributed by atoms with E-state index in [0.29, 0.717) is 23.6 Å². The molecular formula is C25H20F2N2O4. The Hall–Kier alpha value is -4.07. The number of benzene rings is 3. The fraction of sp³-hybridized carbons (Fsp3) is 0.160. The molecule has 0 saturated carbocycles. The number of nitrogens with one attached hydrogen (secondary N) is 1. The number of carbonyl (C=O) groups excluding carboxylic acids is 3. The van der Waals surface area contributed by atoms with Crippen LogP contribution in [0.25, 0.3) is 0 Å². The average Bonchev–Trinajstić information content (AvgIpc) is 3.06. The summed E-state index contributed by atoms with van der Waals surface area (Å²) in [6, 6.07) is 13.6. The first-order valence-corrected chi connectivity index (χ1v) is 10.3. The first-order chi connectivity index (χ1) is 15.8. The molecule has 1 unspecified atom stereocenters. The van der Waals surface area contributed by atoms with Gasteiger partial charge in [-0.25, -0.2) is 13.7 Å². The molecule has 3 amide bonds. The van der Waals surface area contributed by atoms with Crippen LogP contribution in [0.2, 0.25) is 0 Å². The summed E-state index contributed by atoms with van der Waals surface area (Å²) in [5.41, 5.74) is 1.25. The van der Waals surface area contributed by atoms with Gasteiger partial charge in [-0.15, -0.1) is 0 Å². The second-order valence-electron chi connectivity index (χ2n) is 7.50. The molecule has 1 heterocycles. The summed E-state index contributed by atoms with van der Waals surface area (Å²) >= 11 is 0. The maximum atomic E-state index is 13.5. The third kappa shape index (κ3) is 4.19. The Morgan fingerprint density at radius 2 is 1.64 bits per heavy atom. The summed E-state index contributed by atoms with van der Waals surface area (Å²) in [4.78, 5) is 39.6. The van der Waals surface area contributed by atoms with Gasteiger partial charge in [0.05, 0.1) is 29.5 Å². The van der Waals surface area contributed by atoms with E-state index in [1.165, 1.54) is 24.3 Å². The van der Waals surface area contributed by atoms with Crippen molar-refractivity contribution in [3.63, 3.8) is 0 Å². The molecule has 3 aromatic rings. The van der Waals surface area contributed by atoms with Gasteiger partial charge in [0, 0.05) is 5.56 Å². The van der Waals surface area contributed by atoms with Crippen LogP contribution in [0.1, 0.15) is 56.5 Å². The molecular weight excluding hydrogens is 430 g/mol. The molecule has 0 radical (unpaired) electrons. The maximum Gasteiger partial charge on any atom is 0.266 e. The molecule has 0 fully saturated rings. The van der Waals surface area contributed by atoms with Crippen LogP contribution in [0.15, 0.2) is 60.7 Å². The number of hydrogen-bond acceptors (Lipinski definition) is 4. The van der Waals surface area contributed by atoms with Crippen LogP contribution >= 0.6 is 0 Å². The number of hydrogen-bond donors (Lipinski definition) is 1. The summed E-state index contributed by atoms with van der Waals surface area (Å²) in [6.07, 6.45) is 0. The SMILES string of the molecule is CCOc1ccc(N2C(=O)c3ccc(C(=O)NC(C)c4ccc(F)c(F)c4)cc3C2=O)cc1. The molecule has 3 aromatic carbocycles. The van der Waals surface area contributed by atoms with E-state index in [4.69, 9.17) is 4.74 Å². The van der Waals surface area contributed by atoms with Gasteiger partial charge in [0.2, 0.25) is 0 Å². The summed E-state index contributed by atoms with van der Waals surface area (Å²) in [6.45, 7) is 3.97. The van der Waals surface area contributed by atoms with Crippen LogP contribution in [0.3, 0.4) is 0 Å². The molecule has 0 aliphatic carbocycles. The minimum absolute atomic E-state index is 0.113. The Kier molecular flexibility index (Phi) is 5.91. The van der Waals surface area contributed by atoms with Gasteiger partial charge in [-0.05, 0) is 74.0 Å². The molecule has 0 bridgehead atoms. The standard InChI is InChI=1S/C25H20F2N2O4/c1-3-33-18-8-6-17(7-9-18)29-24(31)19-10-4-16(12-20(19)25(29)32)23(30)28-14(2)15-5-11-21(26)22(27)13-15/h4-14H,3H2,1-2H3,(H,28,30). The number of imide groups is 1. The van der Waals surface area contributed by atoms with Gasteiger partial charge in [-0.1, -0.05) is 6.07 Å². The Labute approximate surface area is 188 Å². The minimum atomic E-state index is -1.01. The summed E-state index contributed by atoms with van der Waals surface area (Å²) < 4.78 is 32.0. The van der Waals surface area contributed by atoms with Gasteiger partial charge in [0.25, 0.3) is 17.7 Å². The smallest absolute Gasteiger partial charge is 0.266 e. The van der Waals surface area contributed by atoms with E-state index in [2.05, 4.69) is 5.32 Å². The number of carbonyl (C=O) groups is 3. The third-order valence-electron chi connectivity index (χ3n) is 5.35. The van der Waals surface area contributed by atoms with Crippen LogP contribution in [-0.4, -0.2) is 24.3 Å². The average molecular weight is 450 g/mol. The molecule has 1 N–H and O–H groups in total. The van der Waals surface area contributed by atoms with Gasteiger partial charge >= 0.3 is 0 Å². The highest BCUT2D eigenvalue weighted by atomic mass is 19.2. The van der Waals surface area contributed by atoms with Crippen molar-refractivity contribution in [3.8, 4) is 5.75 Å². The maximum absolute atomic E-state index is 13.5. The number of ether oxygens (including phenoxy) is 1. The zero-order chi connectivity index (χ0) is 23.7. The van der Waals surface area contributed by atoms with Crippen LogP contribution < -0.4 is 15.0 Å². The molecule has 6 nitrogen and oxygen atoms in total. The Bertz CT molecular complexity index is 1260. The second kappa shape index (κ2) is 8.82. The Balaban J connectivity index is 1.54. The molecule has 1 aliphatic rings. The van der Waals surface area contributed by atoms with Crippen molar-refractivity contribution in [2.24, 2.45) is 0 Å². The zero-order valence-electron chi connectivity index (χ0n) is 17.9. The summed E-state index contributed by atoms with van der Waals surface area (Å²) in [7, 11) is 0. The highest BCUT2D eigenvalue weighted by Gasteiger charge is 2.37. The quantitative estimate of drug-likeness (QED) is 0.555. The molecule has 1 atom stereocenters. The number of nitrogens with zero attached hydrogens (tertiary/aromatic N) is 1. The number of amides is 3. The van der Waals surface area contributed by atoms with Crippen LogP contribution in [0.4, 0.5) is 14.5 Å². The van der Waals surface area contributed by atoms with Crippen molar-refractivity contribution in [2.45, 2.75) is 19.9 Å². The van der Waals surface area contributed by atoms with Gasteiger partial charge < -0.3 is 10.1 Å². The third-order valence-corrected chi connectivity index (χ3v) is 5.35. The van der Waals surface area contributed by atoms with Gasteiger partial charge in [0.15, 0.2) is 11.6 Å². The van der Waals surface area contributed by atoms with Crippen molar-refractivity contribution in [3.05, 3.63) is 94.6 Å². The largest absolute Gasteiger partial charge is 0.494 e. The van der Waals surface area contributed by atoms with Crippen molar-refractivity contribution < 1.29 is 27.9 Å². The van der Waals surface area contributed by atoms with E-state index in [1.807, 2.05) is 6.92 Å². The molecule has 0 saturated heterocycles. The lowest BCUT2D eigenvalue weighted by Gasteiger charge is -2.15. The predicted octanol–water partition coefficient (Wildman–Crippen LogP) is 4.66. The highest BCUT2D eigenvalue weighted by Crippen LogP contribution is 2.30.